The smallest absolute Gasteiger partial charge is 0.154 e. The first-order valence-corrected chi connectivity index (χ1v) is 9.80. The molecule has 1 unspecified atom stereocenters. The van der Waals surface area contributed by atoms with Gasteiger partial charge in [-0.2, -0.15) is 0 Å². The van der Waals surface area contributed by atoms with Crippen molar-refractivity contribution in [3.05, 3.63) is 0 Å². The van der Waals surface area contributed by atoms with Crippen molar-refractivity contribution in [1.82, 2.24) is 5.32 Å². The molecule has 0 aromatic carbocycles. The third kappa shape index (κ3) is 4.19. The second kappa shape index (κ2) is 7.07. The molecule has 19 heavy (non-hydrogen) atoms. The average molecular weight is 287 g/mol. The quantitative estimate of drug-likeness (QED) is 0.783. The molecule has 0 heterocycles. The Morgan fingerprint density at radius 2 is 1.63 bits per heavy atom. The molecule has 2 rings (SSSR count). The van der Waals surface area contributed by atoms with Crippen LogP contribution in [-0.2, 0) is 9.84 Å². The Hall–Kier alpha value is -0.0900. The Bertz CT molecular complexity index is 354. The van der Waals surface area contributed by atoms with Crippen molar-refractivity contribution in [1.29, 1.82) is 0 Å². The summed E-state index contributed by atoms with van der Waals surface area (Å²) in [6, 6.07) is 0.202. The van der Waals surface area contributed by atoms with E-state index >= 15 is 0 Å². The summed E-state index contributed by atoms with van der Waals surface area (Å²) in [4.78, 5) is 0. The van der Waals surface area contributed by atoms with Crippen LogP contribution in [-0.4, -0.2) is 32.0 Å². The highest BCUT2D eigenvalue weighted by molar-refractivity contribution is 7.92. The minimum absolute atomic E-state index is 0.0418. The first-order valence-electron chi connectivity index (χ1n) is 8.08. The maximum absolute atomic E-state index is 12.5. The highest BCUT2D eigenvalue weighted by Crippen LogP contribution is 2.31. The zero-order valence-corrected chi connectivity index (χ0v) is 13.1. The van der Waals surface area contributed by atoms with Crippen LogP contribution in [0.1, 0.15) is 64.7 Å². The molecule has 2 aliphatic carbocycles. The molecule has 2 saturated carbocycles. The fraction of sp³-hybridized carbons (Fsp3) is 1.00. The van der Waals surface area contributed by atoms with E-state index in [1.807, 2.05) is 0 Å². The van der Waals surface area contributed by atoms with Crippen LogP contribution in [0.25, 0.3) is 0 Å². The van der Waals surface area contributed by atoms with Gasteiger partial charge in [0, 0.05) is 6.04 Å². The van der Waals surface area contributed by atoms with E-state index < -0.39 is 9.84 Å². The summed E-state index contributed by atoms with van der Waals surface area (Å²) in [5, 5.41) is 3.47. The van der Waals surface area contributed by atoms with Gasteiger partial charge in [-0.1, -0.05) is 32.6 Å². The number of sulfone groups is 1. The number of hydrogen-bond acceptors (Lipinski definition) is 3. The minimum atomic E-state index is -2.89. The molecular formula is C15H29NO2S. The molecule has 1 atom stereocenters. The highest BCUT2D eigenvalue weighted by atomic mass is 32.2. The molecule has 0 bridgehead atoms. The van der Waals surface area contributed by atoms with Crippen molar-refractivity contribution in [3.63, 3.8) is 0 Å². The van der Waals surface area contributed by atoms with Crippen LogP contribution < -0.4 is 5.32 Å². The van der Waals surface area contributed by atoms with Gasteiger partial charge in [-0.25, -0.2) is 8.42 Å². The first-order chi connectivity index (χ1) is 9.13. The van der Waals surface area contributed by atoms with Crippen LogP contribution in [0.4, 0.5) is 0 Å². The molecule has 0 aliphatic heterocycles. The van der Waals surface area contributed by atoms with Crippen molar-refractivity contribution in [2.45, 2.75) is 76.0 Å². The Morgan fingerprint density at radius 3 is 2.21 bits per heavy atom. The monoisotopic (exact) mass is 287 g/mol. The molecule has 0 aromatic heterocycles. The van der Waals surface area contributed by atoms with Gasteiger partial charge in [0.1, 0.15) is 0 Å². The summed E-state index contributed by atoms with van der Waals surface area (Å²) < 4.78 is 25.0. The Kier molecular flexibility index (Phi) is 5.70. The van der Waals surface area contributed by atoms with Gasteiger partial charge in [0.25, 0.3) is 0 Å². The largest absolute Gasteiger partial charge is 0.313 e. The molecule has 0 saturated heterocycles. The van der Waals surface area contributed by atoms with Gasteiger partial charge in [-0.15, -0.1) is 0 Å². The fourth-order valence-electron chi connectivity index (χ4n) is 3.68. The normalized spacial score (nSPS) is 24.1. The van der Waals surface area contributed by atoms with Crippen molar-refractivity contribution in [2.24, 2.45) is 5.92 Å². The Labute approximate surface area is 118 Å². The van der Waals surface area contributed by atoms with Crippen LogP contribution in [0.2, 0.25) is 0 Å². The van der Waals surface area contributed by atoms with Crippen molar-refractivity contribution >= 4 is 9.84 Å². The molecule has 2 fully saturated rings. The lowest BCUT2D eigenvalue weighted by molar-refractivity contribution is 0.381. The van der Waals surface area contributed by atoms with Gasteiger partial charge in [0.05, 0.1) is 11.0 Å². The standard InChI is InChI=1S/C15H29NO2S/c1-2-11-16-15(13-7-3-4-8-13)12-19(17,18)14-9-5-6-10-14/h13-16H,2-12H2,1H3. The van der Waals surface area contributed by atoms with Crippen LogP contribution in [0.15, 0.2) is 0 Å². The van der Waals surface area contributed by atoms with E-state index in [1.165, 1.54) is 25.7 Å². The lowest BCUT2D eigenvalue weighted by Gasteiger charge is -2.26. The zero-order chi connectivity index (χ0) is 13.7. The number of rotatable bonds is 7. The molecule has 4 heteroatoms. The van der Waals surface area contributed by atoms with E-state index in [2.05, 4.69) is 12.2 Å². The minimum Gasteiger partial charge on any atom is -0.313 e. The predicted molar refractivity (Wildman–Crippen MR) is 80.1 cm³/mol. The predicted octanol–water partition coefficient (Wildman–Crippen LogP) is 2.90. The summed E-state index contributed by atoms with van der Waals surface area (Å²) in [6.07, 6.45) is 10.0. The summed E-state index contributed by atoms with van der Waals surface area (Å²) in [5.41, 5.74) is 0. The van der Waals surface area contributed by atoms with Crippen LogP contribution in [0.5, 0.6) is 0 Å². The Balaban J connectivity index is 1.97. The molecule has 1 N–H and O–H groups in total. The van der Waals surface area contributed by atoms with Crippen molar-refractivity contribution in [2.75, 3.05) is 12.3 Å². The molecule has 112 valence electrons. The van der Waals surface area contributed by atoms with Crippen LogP contribution in [0.3, 0.4) is 0 Å². The van der Waals surface area contributed by atoms with E-state index in [-0.39, 0.29) is 11.3 Å². The third-order valence-corrected chi connectivity index (χ3v) is 7.16. The van der Waals surface area contributed by atoms with Gasteiger partial charge in [0.15, 0.2) is 9.84 Å². The first kappa shape index (κ1) is 15.3. The summed E-state index contributed by atoms with van der Waals surface area (Å²) in [7, 11) is -2.89. The van der Waals surface area contributed by atoms with E-state index in [1.54, 1.807) is 0 Å². The number of nitrogens with one attached hydrogen (secondary N) is 1. The summed E-state index contributed by atoms with van der Waals surface area (Å²) >= 11 is 0. The van der Waals surface area contributed by atoms with Gasteiger partial charge >= 0.3 is 0 Å². The zero-order valence-electron chi connectivity index (χ0n) is 12.2. The van der Waals surface area contributed by atoms with Gasteiger partial charge in [-0.05, 0) is 44.6 Å². The maximum Gasteiger partial charge on any atom is 0.154 e. The molecule has 0 radical (unpaired) electrons. The summed E-state index contributed by atoms with van der Waals surface area (Å²) in [6.45, 7) is 3.09. The lowest BCUT2D eigenvalue weighted by atomic mass is 10.00. The molecular weight excluding hydrogens is 258 g/mol. The summed E-state index contributed by atoms with van der Waals surface area (Å²) in [5.74, 6) is 0.963. The number of hydrogen-bond donors (Lipinski definition) is 1. The molecule has 2 aliphatic rings. The molecule has 0 spiro atoms. The van der Waals surface area contributed by atoms with Crippen molar-refractivity contribution in [3.8, 4) is 0 Å². The molecule has 0 aromatic rings. The van der Waals surface area contributed by atoms with E-state index in [9.17, 15) is 8.42 Å². The molecule has 3 nitrogen and oxygen atoms in total. The average Bonchev–Trinajstić information content (AvgIpc) is 3.05. The topological polar surface area (TPSA) is 46.2 Å². The van der Waals surface area contributed by atoms with E-state index in [0.29, 0.717) is 11.7 Å². The van der Waals surface area contributed by atoms with Crippen molar-refractivity contribution < 1.29 is 8.42 Å². The van der Waals surface area contributed by atoms with Gasteiger partial charge in [-0.3, -0.25) is 0 Å². The maximum atomic E-state index is 12.5. The van der Waals surface area contributed by atoms with Gasteiger partial charge < -0.3 is 5.32 Å². The second-order valence-corrected chi connectivity index (χ2v) is 8.67. The molecule has 0 amide bonds. The highest BCUT2D eigenvalue weighted by Gasteiger charge is 2.34. The van der Waals surface area contributed by atoms with Crippen LogP contribution in [0, 0.1) is 5.92 Å². The Morgan fingerprint density at radius 1 is 1.05 bits per heavy atom. The van der Waals surface area contributed by atoms with Crippen LogP contribution >= 0.6 is 0 Å². The van der Waals surface area contributed by atoms with E-state index in [4.69, 9.17) is 0 Å². The third-order valence-electron chi connectivity index (χ3n) is 4.85. The SMILES string of the molecule is CCCNC(CS(=O)(=O)C1CCCC1)C1CCCC1. The lowest BCUT2D eigenvalue weighted by Crippen LogP contribution is -2.43. The van der Waals surface area contributed by atoms with Gasteiger partial charge in [0.2, 0.25) is 0 Å². The van der Waals surface area contributed by atoms with E-state index in [0.717, 1.165) is 38.6 Å². The fourth-order valence-corrected chi connectivity index (χ4v) is 5.90. The second-order valence-electron chi connectivity index (χ2n) is 6.34.